The van der Waals surface area contributed by atoms with Crippen LogP contribution in [-0.2, 0) is 6.18 Å². The molecule has 1 aromatic rings. The van der Waals surface area contributed by atoms with Gasteiger partial charge in [-0.2, -0.15) is 18.4 Å². The normalized spacial score (nSPS) is 11.7. The Morgan fingerprint density at radius 1 is 1.25 bits per heavy atom. The van der Waals surface area contributed by atoms with Crippen LogP contribution in [0.5, 0.6) is 0 Å². The smallest absolute Gasteiger partial charge is 0.333 e. The van der Waals surface area contributed by atoms with Gasteiger partial charge in [-0.25, -0.2) is 4.79 Å². The van der Waals surface area contributed by atoms with E-state index in [1.165, 1.54) is 0 Å². The Balaban J connectivity index is 2.98. The van der Waals surface area contributed by atoms with Crippen LogP contribution in [0.3, 0.4) is 0 Å². The second kappa shape index (κ2) is 5.41. The molecule has 0 saturated carbocycles. The van der Waals surface area contributed by atoms with Gasteiger partial charge in [-0.05, 0) is 39.0 Å². The summed E-state index contributed by atoms with van der Waals surface area (Å²) in [6, 6.07) is 3.62. The molecule has 0 heterocycles. The molecule has 0 unspecified atom stereocenters. The standard InChI is InChI=1S/C13H14F3N3O/c1-12(2,3)19-11(20)18-10-5-4-9(13(14,15)16)6-8(10)7-17/h4-6H,1-3H3,(H2,18,19,20). The van der Waals surface area contributed by atoms with Crippen molar-refractivity contribution in [1.82, 2.24) is 5.32 Å². The van der Waals surface area contributed by atoms with Gasteiger partial charge in [0, 0.05) is 5.54 Å². The molecule has 20 heavy (non-hydrogen) atoms. The van der Waals surface area contributed by atoms with Gasteiger partial charge in [0.25, 0.3) is 0 Å². The number of nitrogens with one attached hydrogen (secondary N) is 2. The molecule has 0 saturated heterocycles. The first-order valence-corrected chi connectivity index (χ1v) is 5.73. The van der Waals surface area contributed by atoms with Crippen LogP contribution in [0.2, 0.25) is 0 Å². The Kier molecular flexibility index (Phi) is 4.28. The first-order valence-electron chi connectivity index (χ1n) is 5.73. The second-order valence-electron chi connectivity index (χ2n) is 5.20. The average molecular weight is 285 g/mol. The quantitative estimate of drug-likeness (QED) is 0.829. The lowest BCUT2D eigenvalue weighted by atomic mass is 10.1. The van der Waals surface area contributed by atoms with Crippen LogP contribution in [0.25, 0.3) is 0 Å². The number of rotatable bonds is 1. The molecule has 0 bridgehead atoms. The maximum atomic E-state index is 12.5. The predicted molar refractivity (Wildman–Crippen MR) is 68.1 cm³/mol. The van der Waals surface area contributed by atoms with Crippen molar-refractivity contribution in [1.29, 1.82) is 5.26 Å². The van der Waals surface area contributed by atoms with Crippen LogP contribution < -0.4 is 10.6 Å². The third-order valence-electron chi connectivity index (χ3n) is 2.20. The summed E-state index contributed by atoms with van der Waals surface area (Å²) in [5.74, 6) is 0. The van der Waals surface area contributed by atoms with Crippen LogP contribution in [0.4, 0.5) is 23.7 Å². The van der Waals surface area contributed by atoms with Gasteiger partial charge in [0.2, 0.25) is 0 Å². The lowest BCUT2D eigenvalue weighted by Gasteiger charge is -2.21. The van der Waals surface area contributed by atoms with Gasteiger partial charge in [-0.15, -0.1) is 0 Å². The van der Waals surface area contributed by atoms with Crippen LogP contribution >= 0.6 is 0 Å². The number of halogens is 3. The molecule has 0 radical (unpaired) electrons. The zero-order valence-corrected chi connectivity index (χ0v) is 11.2. The number of benzene rings is 1. The predicted octanol–water partition coefficient (Wildman–Crippen LogP) is 3.50. The van der Waals surface area contributed by atoms with Gasteiger partial charge in [0.1, 0.15) is 6.07 Å². The van der Waals surface area contributed by atoms with E-state index in [9.17, 15) is 18.0 Å². The zero-order chi connectivity index (χ0) is 15.6. The maximum Gasteiger partial charge on any atom is 0.416 e. The van der Waals surface area contributed by atoms with Gasteiger partial charge in [-0.1, -0.05) is 0 Å². The van der Waals surface area contributed by atoms with E-state index in [2.05, 4.69) is 10.6 Å². The Hall–Kier alpha value is -2.23. The van der Waals surface area contributed by atoms with Crippen molar-refractivity contribution in [3.05, 3.63) is 29.3 Å². The maximum absolute atomic E-state index is 12.5. The average Bonchev–Trinajstić information content (AvgIpc) is 2.25. The number of urea groups is 1. The molecule has 0 aliphatic carbocycles. The molecular weight excluding hydrogens is 271 g/mol. The number of nitriles is 1. The Morgan fingerprint density at radius 3 is 2.30 bits per heavy atom. The van der Waals surface area contributed by atoms with Crippen molar-refractivity contribution < 1.29 is 18.0 Å². The first-order chi connectivity index (χ1) is 9.03. The van der Waals surface area contributed by atoms with Crippen molar-refractivity contribution in [2.45, 2.75) is 32.5 Å². The Labute approximate surface area is 114 Å². The van der Waals surface area contributed by atoms with E-state index >= 15 is 0 Å². The van der Waals surface area contributed by atoms with E-state index in [1.54, 1.807) is 26.8 Å². The topological polar surface area (TPSA) is 64.9 Å². The summed E-state index contributed by atoms with van der Waals surface area (Å²) in [5.41, 5.74) is -1.65. The van der Waals surface area contributed by atoms with Crippen molar-refractivity contribution in [3.8, 4) is 6.07 Å². The minimum atomic E-state index is -4.53. The number of nitrogens with zero attached hydrogens (tertiary/aromatic N) is 1. The van der Waals surface area contributed by atoms with Crippen LogP contribution in [0.15, 0.2) is 18.2 Å². The van der Waals surface area contributed by atoms with Crippen LogP contribution in [-0.4, -0.2) is 11.6 Å². The molecule has 2 amide bonds. The fourth-order valence-electron chi connectivity index (χ4n) is 1.42. The number of hydrogen-bond donors (Lipinski definition) is 2. The van der Waals surface area contributed by atoms with Crippen molar-refractivity contribution in [2.24, 2.45) is 0 Å². The monoisotopic (exact) mass is 285 g/mol. The minimum absolute atomic E-state index is 0.0299. The molecular formula is C13H14F3N3O. The number of carbonyl (C=O) groups is 1. The number of alkyl halides is 3. The van der Waals surface area contributed by atoms with Crippen molar-refractivity contribution in [3.63, 3.8) is 0 Å². The summed E-state index contributed by atoms with van der Waals surface area (Å²) in [7, 11) is 0. The summed E-state index contributed by atoms with van der Waals surface area (Å²) in [4.78, 5) is 11.6. The molecule has 0 atom stereocenters. The van der Waals surface area contributed by atoms with Gasteiger partial charge in [-0.3, -0.25) is 0 Å². The molecule has 0 aromatic heterocycles. The highest BCUT2D eigenvalue weighted by Gasteiger charge is 2.31. The molecule has 2 N–H and O–H groups in total. The van der Waals surface area contributed by atoms with Gasteiger partial charge in [0.15, 0.2) is 0 Å². The van der Waals surface area contributed by atoms with E-state index in [4.69, 9.17) is 5.26 Å². The van der Waals surface area contributed by atoms with E-state index < -0.39 is 23.3 Å². The third-order valence-corrected chi connectivity index (χ3v) is 2.20. The van der Waals surface area contributed by atoms with Crippen molar-refractivity contribution >= 4 is 11.7 Å². The summed E-state index contributed by atoms with van der Waals surface area (Å²) in [5, 5.41) is 13.8. The fourth-order valence-corrected chi connectivity index (χ4v) is 1.42. The molecule has 108 valence electrons. The Morgan fingerprint density at radius 2 is 1.85 bits per heavy atom. The third kappa shape index (κ3) is 4.46. The fraction of sp³-hybridized carbons (Fsp3) is 0.385. The lowest BCUT2D eigenvalue weighted by molar-refractivity contribution is -0.137. The highest BCUT2D eigenvalue weighted by Crippen LogP contribution is 2.31. The van der Waals surface area contributed by atoms with E-state index in [-0.39, 0.29) is 11.3 Å². The zero-order valence-electron chi connectivity index (χ0n) is 11.2. The number of amides is 2. The van der Waals surface area contributed by atoms with E-state index in [0.717, 1.165) is 12.1 Å². The summed E-state index contributed by atoms with van der Waals surface area (Å²) >= 11 is 0. The van der Waals surface area contributed by atoms with Gasteiger partial charge in [0.05, 0.1) is 16.8 Å². The molecule has 4 nitrogen and oxygen atoms in total. The van der Waals surface area contributed by atoms with Crippen LogP contribution in [0, 0.1) is 11.3 Å². The second-order valence-corrected chi connectivity index (χ2v) is 5.20. The SMILES string of the molecule is CC(C)(C)NC(=O)Nc1ccc(C(F)(F)F)cc1C#N. The van der Waals surface area contributed by atoms with Gasteiger partial charge >= 0.3 is 12.2 Å². The summed E-state index contributed by atoms with van der Waals surface area (Å²) < 4.78 is 37.5. The van der Waals surface area contributed by atoms with Gasteiger partial charge < -0.3 is 10.6 Å². The van der Waals surface area contributed by atoms with Crippen molar-refractivity contribution in [2.75, 3.05) is 5.32 Å². The number of anilines is 1. The lowest BCUT2D eigenvalue weighted by Crippen LogP contribution is -2.43. The number of hydrogen-bond acceptors (Lipinski definition) is 2. The van der Waals surface area contributed by atoms with E-state index in [0.29, 0.717) is 6.07 Å². The highest BCUT2D eigenvalue weighted by atomic mass is 19.4. The highest BCUT2D eigenvalue weighted by molar-refractivity contribution is 5.91. The summed E-state index contributed by atoms with van der Waals surface area (Å²) in [6.45, 7) is 5.26. The molecule has 0 spiro atoms. The first kappa shape index (κ1) is 15.8. The van der Waals surface area contributed by atoms with Crippen LogP contribution in [0.1, 0.15) is 31.9 Å². The molecule has 0 aliphatic rings. The van der Waals surface area contributed by atoms with E-state index in [1.807, 2.05) is 0 Å². The summed E-state index contributed by atoms with van der Waals surface area (Å²) in [6.07, 6.45) is -4.53. The molecule has 1 aromatic carbocycles. The minimum Gasteiger partial charge on any atom is -0.333 e. The molecule has 0 aliphatic heterocycles. The number of carbonyl (C=O) groups excluding carboxylic acids is 1. The largest absolute Gasteiger partial charge is 0.416 e. The molecule has 0 fully saturated rings. The molecule has 7 heteroatoms. The molecule has 1 rings (SSSR count). The Bertz CT molecular complexity index is 553.